The van der Waals surface area contributed by atoms with Crippen LogP contribution in [0.5, 0.6) is 0 Å². The molecule has 0 amide bonds. The Hall–Kier alpha value is -1.36. The molecule has 0 radical (unpaired) electrons. The zero-order chi connectivity index (χ0) is 14.9. The molecule has 0 aliphatic carbocycles. The summed E-state index contributed by atoms with van der Waals surface area (Å²) < 4.78 is 27.2. The molecule has 1 aliphatic rings. The summed E-state index contributed by atoms with van der Waals surface area (Å²) in [5.41, 5.74) is 1.63. The average molecular weight is 322 g/mol. The highest BCUT2D eigenvalue weighted by molar-refractivity contribution is 7.92. The van der Waals surface area contributed by atoms with Crippen molar-refractivity contribution >= 4 is 21.6 Å². The van der Waals surface area contributed by atoms with Crippen LogP contribution in [-0.2, 0) is 9.84 Å². The summed E-state index contributed by atoms with van der Waals surface area (Å²) in [6, 6.07) is 16.7. The molecular weight excluding hydrogens is 306 g/mol. The summed E-state index contributed by atoms with van der Waals surface area (Å²) in [4.78, 5) is 0.355. The lowest BCUT2D eigenvalue weighted by Crippen LogP contribution is -2.29. The number of nitrogens with zero attached hydrogens (tertiary/aromatic N) is 1. The molecule has 1 heterocycles. The molecule has 0 spiro atoms. The van der Waals surface area contributed by atoms with Crippen LogP contribution >= 0.6 is 11.8 Å². The van der Waals surface area contributed by atoms with Crippen LogP contribution in [0, 0.1) is 0 Å². The van der Waals surface area contributed by atoms with E-state index >= 15 is 0 Å². The SMILES string of the molecule is O=S(=O)(c1ccccc1-c1ccccc1)C1CCCN1Cl. The van der Waals surface area contributed by atoms with Gasteiger partial charge in [-0.3, -0.25) is 0 Å². The van der Waals surface area contributed by atoms with E-state index in [0.717, 1.165) is 17.5 Å². The molecule has 1 unspecified atom stereocenters. The Morgan fingerprint density at radius 2 is 1.67 bits per heavy atom. The summed E-state index contributed by atoms with van der Waals surface area (Å²) in [5.74, 6) is 0. The fraction of sp³-hybridized carbons (Fsp3) is 0.250. The normalized spacial score (nSPS) is 19.8. The maximum atomic E-state index is 12.9. The van der Waals surface area contributed by atoms with Gasteiger partial charge in [0.1, 0.15) is 5.37 Å². The summed E-state index contributed by atoms with van der Waals surface area (Å²) in [7, 11) is -3.47. The van der Waals surface area contributed by atoms with Crippen molar-refractivity contribution in [3.63, 3.8) is 0 Å². The van der Waals surface area contributed by atoms with Crippen molar-refractivity contribution in [1.82, 2.24) is 4.42 Å². The van der Waals surface area contributed by atoms with E-state index < -0.39 is 15.2 Å². The fourth-order valence-electron chi connectivity index (χ4n) is 2.72. The first-order chi connectivity index (χ1) is 10.1. The number of hydrogen-bond donors (Lipinski definition) is 0. The molecule has 0 N–H and O–H groups in total. The highest BCUT2D eigenvalue weighted by Crippen LogP contribution is 2.34. The number of rotatable bonds is 3. The minimum Gasteiger partial charge on any atom is -0.222 e. The molecule has 0 bridgehead atoms. The van der Waals surface area contributed by atoms with Gasteiger partial charge in [0, 0.05) is 12.1 Å². The molecule has 0 aromatic heterocycles. The molecule has 5 heteroatoms. The van der Waals surface area contributed by atoms with E-state index in [4.69, 9.17) is 11.8 Å². The standard InChI is InChI=1S/C16H16ClNO2S/c17-18-12-6-11-16(18)21(19,20)15-10-5-4-9-14(15)13-7-2-1-3-8-13/h1-5,7-10,16H,6,11-12H2. The first kappa shape index (κ1) is 14.6. The smallest absolute Gasteiger partial charge is 0.196 e. The number of halogens is 1. The van der Waals surface area contributed by atoms with Crippen LogP contribution < -0.4 is 0 Å². The van der Waals surface area contributed by atoms with Gasteiger partial charge in [0.15, 0.2) is 9.84 Å². The predicted octanol–water partition coefficient (Wildman–Crippen LogP) is 3.70. The first-order valence-corrected chi connectivity index (χ1v) is 8.80. The van der Waals surface area contributed by atoms with Gasteiger partial charge >= 0.3 is 0 Å². The molecule has 110 valence electrons. The Morgan fingerprint density at radius 1 is 1.00 bits per heavy atom. The summed E-state index contributed by atoms with van der Waals surface area (Å²) >= 11 is 6.07. The lowest BCUT2D eigenvalue weighted by molar-refractivity contribution is 0.488. The molecule has 1 aliphatic heterocycles. The molecule has 21 heavy (non-hydrogen) atoms. The van der Waals surface area contributed by atoms with Gasteiger partial charge in [0.25, 0.3) is 0 Å². The topological polar surface area (TPSA) is 37.4 Å². The van der Waals surface area contributed by atoms with Crippen LogP contribution in [0.25, 0.3) is 11.1 Å². The van der Waals surface area contributed by atoms with E-state index in [2.05, 4.69) is 0 Å². The van der Waals surface area contributed by atoms with E-state index in [0.29, 0.717) is 17.9 Å². The second kappa shape index (κ2) is 5.79. The highest BCUT2D eigenvalue weighted by atomic mass is 35.5. The van der Waals surface area contributed by atoms with Crippen LogP contribution in [0.15, 0.2) is 59.5 Å². The largest absolute Gasteiger partial charge is 0.222 e. The first-order valence-electron chi connectivity index (χ1n) is 6.91. The Labute approximate surface area is 130 Å². The van der Waals surface area contributed by atoms with Crippen LogP contribution in [-0.4, -0.2) is 24.8 Å². The maximum Gasteiger partial charge on any atom is 0.196 e. The number of benzene rings is 2. The Kier molecular flexibility index (Phi) is 4.02. The van der Waals surface area contributed by atoms with E-state index in [1.165, 1.54) is 4.42 Å². The zero-order valence-electron chi connectivity index (χ0n) is 11.4. The molecule has 0 saturated carbocycles. The van der Waals surface area contributed by atoms with Gasteiger partial charge in [0.2, 0.25) is 0 Å². The molecule has 2 aromatic rings. The van der Waals surface area contributed by atoms with Gasteiger partial charge in [-0.05, 0) is 36.2 Å². The minimum atomic E-state index is -3.47. The molecule has 1 fully saturated rings. The van der Waals surface area contributed by atoms with Crippen molar-refractivity contribution in [2.75, 3.05) is 6.54 Å². The molecular formula is C16H16ClNO2S. The molecule has 2 aromatic carbocycles. The molecule has 3 nitrogen and oxygen atoms in total. The van der Waals surface area contributed by atoms with E-state index in [9.17, 15) is 8.42 Å². The Morgan fingerprint density at radius 3 is 2.33 bits per heavy atom. The Bertz CT molecular complexity index is 731. The van der Waals surface area contributed by atoms with Crippen molar-refractivity contribution in [3.05, 3.63) is 54.6 Å². The van der Waals surface area contributed by atoms with Gasteiger partial charge in [-0.15, -0.1) is 0 Å². The summed E-state index contributed by atoms with van der Waals surface area (Å²) in [6.07, 6.45) is 1.38. The highest BCUT2D eigenvalue weighted by Gasteiger charge is 2.37. The quantitative estimate of drug-likeness (QED) is 0.809. The second-order valence-corrected chi connectivity index (χ2v) is 7.64. The van der Waals surface area contributed by atoms with Gasteiger partial charge < -0.3 is 0 Å². The predicted molar refractivity (Wildman–Crippen MR) is 84.6 cm³/mol. The van der Waals surface area contributed by atoms with Gasteiger partial charge in [-0.25, -0.2) is 12.8 Å². The third-order valence-corrected chi connectivity index (χ3v) is 6.47. The van der Waals surface area contributed by atoms with Crippen LogP contribution in [0.2, 0.25) is 0 Å². The van der Waals surface area contributed by atoms with E-state index in [1.54, 1.807) is 12.1 Å². The maximum absolute atomic E-state index is 12.9. The van der Waals surface area contributed by atoms with Crippen LogP contribution in [0.1, 0.15) is 12.8 Å². The van der Waals surface area contributed by atoms with Gasteiger partial charge in [0.05, 0.1) is 4.90 Å². The minimum absolute atomic E-state index is 0.355. The van der Waals surface area contributed by atoms with Crippen LogP contribution in [0.3, 0.4) is 0 Å². The van der Waals surface area contributed by atoms with E-state index in [1.807, 2.05) is 42.5 Å². The second-order valence-electron chi connectivity index (χ2n) is 5.13. The lowest BCUT2D eigenvalue weighted by atomic mass is 10.1. The zero-order valence-corrected chi connectivity index (χ0v) is 13.0. The number of sulfone groups is 1. The fourth-order valence-corrected chi connectivity index (χ4v) is 5.19. The molecule has 1 saturated heterocycles. The summed E-state index contributed by atoms with van der Waals surface area (Å²) in [5, 5.41) is -0.635. The van der Waals surface area contributed by atoms with Crippen molar-refractivity contribution < 1.29 is 8.42 Å². The van der Waals surface area contributed by atoms with Gasteiger partial charge in [-0.2, -0.15) is 0 Å². The Balaban J connectivity index is 2.11. The van der Waals surface area contributed by atoms with E-state index in [-0.39, 0.29) is 0 Å². The van der Waals surface area contributed by atoms with Crippen LogP contribution in [0.4, 0.5) is 0 Å². The van der Waals surface area contributed by atoms with Gasteiger partial charge in [-0.1, -0.05) is 48.5 Å². The summed E-state index contributed by atoms with van der Waals surface area (Å²) in [6.45, 7) is 0.610. The monoisotopic (exact) mass is 321 g/mol. The van der Waals surface area contributed by atoms with Crippen molar-refractivity contribution in [1.29, 1.82) is 0 Å². The number of hydrogen-bond acceptors (Lipinski definition) is 3. The van der Waals surface area contributed by atoms with Crippen molar-refractivity contribution in [3.8, 4) is 11.1 Å². The third-order valence-electron chi connectivity index (χ3n) is 3.77. The molecule has 1 atom stereocenters. The lowest BCUT2D eigenvalue weighted by Gasteiger charge is -2.19. The molecule has 3 rings (SSSR count). The van der Waals surface area contributed by atoms with Crippen molar-refractivity contribution in [2.24, 2.45) is 0 Å². The van der Waals surface area contributed by atoms with Crippen molar-refractivity contribution in [2.45, 2.75) is 23.1 Å². The average Bonchev–Trinajstić information content (AvgIpc) is 2.95. The third kappa shape index (κ3) is 2.71.